The molecule has 6 heavy (non-hydrogen) atoms. The van der Waals surface area contributed by atoms with Crippen molar-refractivity contribution >= 4 is 50.5 Å². The molecule has 0 rings (SSSR count). The van der Waals surface area contributed by atoms with E-state index in [0.29, 0.717) is 0 Å². The molecule has 0 aliphatic carbocycles. The van der Waals surface area contributed by atoms with Crippen molar-refractivity contribution in [1.29, 1.82) is 0 Å². The van der Waals surface area contributed by atoms with E-state index in [1.54, 1.807) is 0 Å². The van der Waals surface area contributed by atoms with E-state index in [0.717, 1.165) is 0 Å². The fourth-order valence-corrected chi connectivity index (χ4v) is 0. The molecular weight excluding hydrogens is 528 g/mol. The summed E-state index contributed by atoms with van der Waals surface area (Å²) in [6.07, 6.45) is 0. The van der Waals surface area contributed by atoms with Crippen LogP contribution in [0, 0.1) is 0 Å². The second kappa shape index (κ2) is 74.1. The molecule has 0 amide bonds. The van der Waals surface area contributed by atoms with Gasteiger partial charge in [0.1, 0.15) is 0 Å². The molecular formula is HBiCuO3Pb. The van der Waals surface area contributed by atoms with Crippen LogP contribution in [-0.2, 0) is 25.3 Å². The van der Waals surface area contributed by atoms with Crippen LogP contribution >= 0.6 is 0 Å². The molecule has 0 aliphatic rings. The van der Waals surface area contributed by atoms with Gasteiger partial charge in [0.05, 0.1) is 0 Å². The first-order valence-corrected chi connectivity index (χ1v) is 4.09. The summed E-state index contributed by atoms with van der Waals surface area (Å²) in [5.41, 5.74) is 0. The molecule has 0 atom stereocenters. The molecule has 0 heterocycles. The van der Waals surface area contributed by atoms with Gasteiger partial charge in [-0.3, -0.25) is 0 Å². The standard InChI is InChI=1S/Bi.Cu.3O.Pb.H. The van der Waals surface area contributed by atoms with Crippen molar-refractivity contribution < 1.29 is 25.3 Å². The van der Waals surface area contributed by atoms with Crippen molar-refractivity contribution in [3.05, 3.63) is 0 Å². The maximum atomic E-state index is 8.39. The topological polar surface area (TPSA) is 51.2 Å². The summed E-state index contributed by atoms with van der Waals surface area (Å²) in [7, 11) is 0. The van der Waals surface area contributed by atoms with E-state index in [1.807, 2.05) is 0 Å². The minimum atomic E-state index is 0.0556. The first-order chi connectivity index (χ1) is 3.00. The van der Waals surface area contributed by atoms with Gasteiger partial charge in [-0.15, -0.1) is 0 Å². The van der Waals surface area contributed by atoms with Gasteiger partial charge in [0.15, 0.2) is 0 Å². The number of rotatable bonds is 0. The Labute approximate surface area is 74.7 Å². The monoisotopic (exact) mass is 529 g/mol. The predicted octanol–water partition coefficient (Wildman–Crippen LogP) is -1.39. The molecule has 0 N–H and O–H groups in total. The molecule has 0 bridgehead atoms. The molecule has 0 fully saturated rings. The summed E-state index contributed by atoms with van der Waals surface area (Å²) in [4.78, 5) is 0. The van der Waals surface area contributed by atoms with Crippen molar-refractivity contribution in [3.8, 4) is 0 Å². The van der Waals surface area contributed by atoms with Gasteiger partial charge in [-0.1, -0.05) is 0 Å². The van der Waals surface area contributed by atoms with E-state index in [1.165, 1.54) is 0 Å². The second-order valence-electron chi connectivity index (χ2n) is 0. The molecule has 0 saturated carbocycles. The average molecular weight is 529 g/mol. The van der Waals surface area contributed by atoms with Gasteiger partial charge in [0.2, 0.25) is 0 Å². The normalized spacial score (nSPS) is 2.33. The quantitative estimate of drug-likeness (QED) is 0.364. The van der Waals surface area contributed by atoms with Gasteiger partial charge in [0.25, 0.3) is 0 Å². The van der Waals surface area contributed by atoms with Gasteiger partial charge in [0, 0.05) is 0 Å². The van der Waals surface area contributed by atoms with Gasteiger partial charge in [-0.05, 0) is 0 Å². The Bertz CT molecular complexity index is 15.5. The first-order valence-electron chi connectivity index (χ1n) is 0.531. The van der Waals surface area contributed by atoms with Crippen LogP contribution < -0.4 is 0 Å². The fourth-order valence-electron chi connectivity index (χ4n) is 0. The average Bonchev–Trinajstić information content (AvgIpc) is 1.81. The van der Waals surface area contributed by atoms with Gasteiger partial charge in [-0.25, -0.2) is 0 Å². The third kappa shape index (κ3) is 43.0. The van der Waals surface area contributed by atoms with E-state index in [2.05, 4.69) is 15.9 Å². The zero-order valence-corrected chi connectivity index (χ0v) is 11.2. The van der Waals surface area contributed by atoms with Crippen LogP contribution in [0.3, 0.4) is 0 Å². The van der Waals surface area contributed by atoms with Crippen LogP contribution in [0.2, 0.25) is 0 Å². The molecule has 39 valence electrons. The van der Waals surface area contributed by atoms with Crippen molar-refractivity contribution in [1.82, 2.24) is 0 Å². The second-order valence-corrected chi connectivity index (χ2v) is 0. The van der Waals surface area contributed by atoms with Crippen LogP contribution in [-0.4, -0.2) is 50.5 Å². The van der Waals surface area contributed by atoms with Gasteiger partial charge in [-0.2, -0.15) is 0 Å². The molecule has 2 radical (unpaired) electrons. The molecule has 0 unspecified atom stereocenters. The Hall–Kier alpha value is 1.72. The van der Waals surface area contributed by atoms with E-state index in [-0.39, 0.29) is 50.5 Å². The summed E-state index contributed by atoms with van der Waals surface area (Å²) in [5, 5.41) is 0. The Morgan fingerprint density at radius 3 is 1.17 bits per heavy atom. The zero-order valence-electron chi connectivity index (χ0n) is 2.53. The maximum absolute atomic E-state index is 8.39. The zero-order chi connectivity index (χ0) is 6.00. The molecule has 3 nitrogen and oxygen atoms in total. The van der Waals surface area contributed by atoms with Crippen molar-refractivity contribution in [2.45, 2.75) is 0 Å². The van der Waals surface area contributed by atoms with E-state index >= 15 is 0 Å². The summed E-state index contributed by atoms with van der Waals surface area (Å²) in [5.74, 6) is 0. The Kier molecular flexibility index (Phi) is 193. The molecule has 0 aromatic heterocycles. The third-order valence-corrected chi connectivity index (χ3v) is 0. The van der Waals surface area contributed by atoms with Crippen molar-refractivity contribution in [2.24, 2.45) is 0 Å². The SMILES string of the molecule is [O]=[BiH].[O]=[Cu].[O]=[Pb]. The fraction of sp³-hybridized carbons (Fsp3) is 0. The molecule has 0 aromatic rings. The van der Waals surface area contributed by atoms with Crippen LogP contribution in [0.25, 0.3) is 0 Å². The Morgan fingerprint density at radius 2 is 1.17 bits per heavy atom. The van der Waals surface area contributed by atoms with Crippen LogP contribution in [0.15, 0.2) is 0 Å². The Morgan fingerprint density at radius 1 is 1.17 bits per heavy atom. The molecule has 6 heteroatoms. The Balaban J connectivity index is -0.0000000225. The molecule has 0 aliphatic heterocycles. The van der Waals surface area contributed by atoms with Crippen molar-refractivity contribution in [3.63, 3.8) is 0 Å². The van der Waals surface area contributed by atoms with E-state index in [9.17, 15) is 0 Å². The number of hydrogen-bond donors (Lipinski definition) is 0. The predicted molar refractivity (Wildman–Crippen MR) is 15.0 cm³/mol. The summed E-state index contributed by atoms with van der Waals surface area (Å²) < 4.78 is 24.6. The minimum absolute atomic E-state index is 0.0556. The van der Waals surface area contributed by atoms with Gasteiger partial charge < -0.3 is 0 Å². The third-order valence-electron chi connectivity index (χ3n) is 0. The summed E-state index contributed by atoms with van der Waals surface area (Å²) in [6, 6.07) is 0. The van der Waals surface area contributed by atoms with Crippen LogP contribution in [0.5, 0.6) is 0 Å². The van der Waals surface area contributed by atoms with Crippen molar-refractivity contribution in [2.75, 3.05) is 0 Å². The molecule has 0 spiro atoms. The van der Waals surface area contributed by atoms with Crippen LogP contribution in [0.1, 0.15) is 0 Å². The van der Waals surface area contributed by atoms with E-state index < -0.39 is 0 Å². The molecule has 0 saturated heterocycles. The summed E-state index contributed by atoms with van der Waals surface area (Å²) in [6.45, 7) is 0. The van der Waals surface area contributed by atoms with Gasteiger partial charge >= 0.3 is 75.8 Å². The molecule has 0 aromatic carbocycles. The summed E-state index contributed by atoms with van der Waals surface area (Å²) >= 11 is 3.05. The number of hydrogen-bond acceptors (Lipinski definition) is 3. The van der Waals surface area contributed by atoms with E-state index in [4.69, 9.17) is 9.33 Å². The van der Waals surface area contributed by atoms with Crippen LogP contribution in [0.4, 0.5) is 0 Å². The first kappa shape index (κ1) is 15.6.